The van der Waals surface area contributed by atoms with Crippen LogP contribution in [0.4, 0.5) is 0 Å². The summed E-state index contributed by atoms with van der Waals surface area (Å²) in [5.41, 5.74) is 1.29. The van der Waals surface area contributed by atoms with E-state index in [1.54, 1.807) is 35.1 Å². The van der Waals surface area contributed by atoms with Crippen LogP contribution in [-0.2, 0) is 29.5 Å². The molecule has 0 saturated carbocycles. The van der Waals surface area contributed by atoms with Crippen LogP contribution in [0.25, 0.3) is 0 Å². The fraction of sp³-hybridized carbons (Fsp3) is 0.545. The van der Waals surface area contributed by atoms with E-state index in [1.807, 2.05) is 24.6 Å². The third-order valence-electron chi connectivity index (χ3n) is 6.63. The van der Waals surface area contributed by atoms with Crippen LogP contribution in [0.1, 0.15) is 47.8 Å². The van der Waals surface area contributed by atoms with Crippen LogP contribution in [0.3, 0.4) is 0 Å². The molecule has 8 nitrogen and oxygen atoms in total. The summed E-state index contributed by atoms with van der Waals surface area (Å²) in [4.78, 5) is 44.2. The highest BCUT2D eigenvalue weighted by Crippen LogP contribution is 2.43. The molecule has 30 heavy (non-hydrogen) atoms. The Morgan fingerprint density at radius 3 is 2.67 bits per heavy atom. The van der Waals surface area contributed by atoms with E-state index in [9.17, 15) is 14.4 Å². The van der Waals surface area contributed by atoms with Crippen molar-refractivity contribution >= 4 is 11.9 Å². The van der Waals surface area contributed by atoms with Crippen molar-refractivity contribution in [3.63, 3.8) is 0 Å². The number of pyridine rings is 1. The summed E-state index contributed by atoms with van der Waals surface area (Å²) in [5, 5.41) is 0. The van der Waals surface area contributed by atoms with Crippen molar-refractivity contribution in [1.29, 1.82) is 0 Å². The third-order valence-corrected chi connectivity index (χ3v) is 6.63. The number of piperidine rings is 1. The van der Waals surface area contributed by atoms with Crippen LogP contribution < -0.4 is 5.56 Å². The molecule has 160 valence electrons. The van der Waals surface area contributed by atoms with Gasteiger partial charge in [-0.3, -0.25) is 14.4 Å². The molecule has 2 fully saturated rings. The van der Waals surface area contributed by atoms with E-state index in [-0.39, 0.29) is 29.1 Å². The largest absolute Gasteiger partial charge is 0.460 e. The molecule has 1 unspecified atom stereocenters. The average molecular weight is 412 g/mol. The highest BCUT2D eigenvalue weighted by Gasteiger charge is 2.51. The van der Waals surface area contributed by atoms with E-state index in [0.717, 1.165) is 17.7 Å². The highest BCUT2D eigenvalue weighted by atomic mass is 16.6. The molecule has 2 aromatic heterocycles. The van der Waals surface area contributed by atoms with E-state index in [4.69, 9.17) is 4.74 Å². The minimum Gasteiger partial charge on any atom is -0.460 e. The predicted molar refractivity (Wildman–Crippen MR) is 110 cm³/mol. The lowest BCUT2D eigenvalue weighted by Gasteiger charge is -2.36. The molecule has 1 atom stereocenters. The number of cyclic esters (lactones) is 1. The molecule has 2 aliphatic rings. The molecule has 2 saturated heterocycles. The lowest BCUT2D eigenvalue weighted by Crippen LogP contribution is -2.46. The second-order valence-corrected chi connectivity index (χ2v) is 8.47. The SMILES string of the molecule is CCc1c(C)cc(C(=O)N2CCC3(CC2)CC(Cn2ccnc2)OC3=O)c(=O)n1C. The van der Waals surface area contributed by atoms with Crippen LogP contribution >= 0.6 is 0 Å². The number of amides is 1. The zero-order chi connectivity index (χ0) is 21.5. The zero-order valence-corrected chi connectivity index (χ0v) is 17.8. The maximum absolute atomic E-state index is 13.1. The number of rotatable bonds is 4. The number of hydrogen-bond acceptors (Lipinski definition) is 5. The van der Waals surface area contributed by atoms with Crippen molar-refractivity contribution in [1.82, 2.24) is 19.0 Å². The second kappa shape index (κ2) is 7.74. The van der Waals surface area contributed by atoms with Gasteiger partial charge in [-0.05, 0) is 37.8 Å². The van der Waals surface area contributed by atoms with Gasteiger partial charge in [0.2, 0.25) is 0 Å². The number of aryl methyl sites for hydroxylation is 1. The molecule has 1 spiro atoms. The molecule has 2 aromatic rings. The number of esters is 1. The molecular formula is C22H28N4O4. The Morgan fingerprint density at radius 1 is 1.30 bits per heavy atom. The van der Waals surface area contributed by atoms with E-state index in [2.05, 4.69) is 4.98 Å². The molecule has 0 radical (unpaired) electrons. The van der Waals surface area contributed by atoms with Gasteiger partial charge in [0, 0.05) is 44.6 Å². The molecule has 0 bridgehead atoms. The summed E-state index contributed by atoms with van der Waals surface area (Å²) >= 11 is 0. The molecule has 0 aromatic carbocycles. The minimum absolute atomic E-state index is 0.168. The standard InChI is InChI=1S/C22H28N4O4/c1-4-18-15(2)11-17(19(27)24(18)3)20(28)26-8-5-22(6-9-26)12-16(30-21(22)29)13-25-10-7-23-14-25/h7,10-11,14,16H,4-6,8-9,12-13H2,1-3H3. The Morgan fingerprint density at radius 2 is 2.03 bits per heavy atom. The molecule has 4 rings (SSSR count). The van der Waals surface area contributed by atoms with E-state index in [0.29, 0.717) is 38.9 Å². The number of aromatic nitrogens is 3. The van der Waals surface area contributed by atoms with Crippen molar-refractivity contribution in [3.8, 4) is 0 Å². The van der Waals surface area contributed by atoms with Gasteiger partial charge in [0.05, 0.1) is 18.3 Å². The Hall–Kier alpha value is -2.90. The van der Waals surface area contributed by atoms with Gasteiger partial charge in [0.15, 0.2) is 0 Å². The van der Waals surface area contributed by atoms with Crippen LogP contribution in [0.2, 0.25) is 0 Å². The van der Waals surface area contributed by atoms with E-state index < -0.39 is 5.41 Å². The second-order valence-electron chi connectivity index (χ2n) is 8.47. The smallest absolute Gasteiger partial charge is 0.312 e. The number of likely N-dealkylation sites (tertiary alicyclic amines) is 1. The van der Waals surface area contributed by atoms with Crippen LogP contribution in [0.5, 0.6) is 0 Å². The first kappa shape index (κ1) is 20.4. The molecule has 4 heterocycles. The number of imidazole rings is 1. The van der Waals surface area contributed by atoms with Crippen molar-refractivity contribution in [2.75, 3.05) is 13.1 Å². The maximum atomic E-state index is 13.1. The van der Waals surface area contributed by atoms with Crippen molar-refractivity contribution in [2.45, 2.75) is 52.2 Å². The Kier molecular flexibility index (Phi) is 5.26. The monoisotopic (exact) mass is 412 g/mol. The number of nitrogens with zero attached hydrogens (tertiary/aromatic N) is 4. The van der Waals surface area contributed by atoms with Gasteiger partial charge in [-0.15, -0.1) is 0 Å². The van der Waals surface area contributed by atoms with Crippen molar-refractivity contribution in [3.05, 3.63) is 52.0 Å². The molecule has 0 aliphatic carbocycles. The molecule has 8 heteroatoms. The molecule has 2 aliphatic heterocycles. The van der Waals surface area contributed by atoms with Gasteiger partial charge in [-0.25, -0.2) is 4.98 Å². The molecule has 1 amide bonds. The van der Waals surface area contributed by atoms with Gasteiger partial charge < -0.3 is 18.8 Å². The zero-order valence-electron chi connectivity index (χ0n) is 17.8. The van der Waals surface area contributed by atoms with Crippen LogP contribution in [-0.4, -0.2) is 50.1 Å². The molecular weight excluding hydrogens is 384 g/mol. The van der Waals surface area contributed by atoms with Crippen LogP contribution in [0.15, 0.2) is 29.6 Å². The Balaban J connectivity index is 1.45. The normalized spacial score (nSPS) is 20.6. The summed E-state index contributed by atoms with van der Waals surface area (Å²) in [6.45, 7) is 5.41. The van der Waals surface area contributed by atoms with Crippen molar-refractivity contribution < 1.29 is 14.3 Å². The van der Waals surface area contributed by atoms with Gasteiger partial charge >= 0.3 is 5.97 Å². The first-order chi connectivity index (χ1) is 14.3. The van der Waals surface area contributed by atoms with Crippen LogP contribution in [0, 0.1) is 12.3 Å². The quantitative estimate of drug-likeness (QED) is 0.714. The summed E-state index contributed by atoms with van der Waals surface area (Å²) in [7, 11) is 1.71. The van der Waals surface area contributed by atoms with Gasteiger partial charge in [-0.2, -0.15) is 0 Å². The topological polar surface area (TPSA) is 86.4 Å². The average Bonchev–Trinajstić information content (AvgIpc) is 3.34. The summed E-state index contributed by atoms with van der Waals surface area (Å²) in [6.07, 6.45) is 7.60. The van der Waals surface area contributed by atoms with E-state index >= 15 is 0 Å². The van der Waals surface area contributed by atoms with Gasteiger partial charge in [0.25, 0.3) is 11.5 Å². The third kappa shape index (κ3) is 3.44. The summed E-state index contributed by atoms with van der Waals surface area (Å²) < 4.78 is 9.12. The maximum Gasteiger partial charge on any atom is 0.312 e. The molecule has 0 N–H and O–H groups in total. The van der Waals surface area contributed by atoms with E-state index in [1.165, 1.54) is 0 Å². The first-order valence-electron chi connectivity index (χ1n) is 10.5. The van der Waals surface area contributed by atoms with Crippen molar-refractivity contribution in [2.24, 2.45) is 12.5 Å². The first-order valence-corrected chi connectivity index (χ1v) is 10.5. The Labute approximate surface area is 175 Å². The summed E-state index contributed by atoms with van der Waals surface area (Å²) in [5.74, 6) is -0.420. The van der Waals surface area contributed by atoms with Gasteiger partial charge in [0.1, 0.15) is 11.7 Å². The number of carbonyl (C=O) groups is 2. The Bertz CT molecular complexity index is 1020. The number of carbonyl (C=O) groups excluding carboxylic acids is 2. The highest BCUT2D eigenvalue weighted by molar-refractivity contribution is 5.94. The predicted octanol–water partition coefficient (Wildman–Crippen LogP) is 1.69. The number of ether oxygens (including phenoxy) is 1. The fourth-order valence-electron chi connectivity index (χ4n) is 4.88. The lowest BCUT2D eigenvalue weighted by atomic mass is 9.76. The summed E-state index contributed by atoms with van der Waals surface area (Å²) in [6, 6.07) is 1.71. The fourth-order valence-corrected chi connectivity index (χ4v) is 4.88. The number of hydrogen-bond donors (Lipinski definition) is 0. The van der Waals surface area contributed by atoms with Gasteiger partial charge in [-0.1, -0.05) is 6.92 Å². The minimum atomic E-state index is -0.533. The lowest BCUT2D eigenvalue weighted by molar-refractivity contribution is -0.150.